The number of rotatable bonds is 13. The van der Waals surface area contributed by atoms with Gasteiger partial charge in [-0.15, -0.1) is 11.3 Å². The van der Waals surface area contributed by atoms with Gasteiger partial charge in [0.15, 0.2) is 0 Å². The third kappa shape index (κ3) is 6.88. The molecule has 3 heterocycles. The number of nitrogens with one attached hydrogen (secondary N) is 1. The van der Waals surface area contributed by atoms with Crippen molar-refractivity contribution in [3.8, 4) is 10.6 Å². The van der Waals surface area contributed by atoms with E-state index in [0.717, 1.165) is 34.9 Å². The molecule has 3 aromatic heterocycles. The van der Waals surface area contributed by atoms with Gasteiger partial charge >= 0.3 is 11.9 Å². The van der Waals surface area contributed by atoms with Crippen LogP contribution in [-0.4, -0.2) is 39.9 Å². The summed E-state index contributed by atoms with van der Waals surface area (Å²) in [4.78, 5) is 43.6. The molecule has 0 fully saturated rings. The van der Waals surface area contributed by atoms with Crippen molar-refractivity contribution >= 4 is 45.4 Å². The summed E-state index contributed by atoms with van der Waals surface area (Å²) in [6.07, 6.45) is 6.75. The molecule has 0 radical (unpaired) electrons. The monoisotopic (exact) mass is 548 g/mol. The minimum Gasteiger partial charge on any atom is -0.466 e. The molecular formula is C29H32N4O5S. The molecule has 10 heteroatoms. The van der Waals surface area contributed by atoms with Gasteiger partial charge in [-0.2, -0.15) is 5.10 Å². The Labute approximate surface area is 230 Å². The molecular weight excluding hydrogens is 516 g/mol. The molecule has 1 aromatic carbocycles. The van der Waals surface area contributed by atoms with Gasteiger partial charge in [-0.05, 0) is 38.1 Å². The summed E-state index contributed by atoms with van der Waals surface area (Å²) in [6.45, 7) is 4.52. The molecule has 0 saturated heterocycles. The lowest BCUT2D eigenvalue weighted by Gasteiger charge is -2.17. The molecule has 0 aliphatic carbocycles. The van der Waals surface area contributed by atoms with Gasteiger partial charge in [-0.3, -0.25) is 14.6 Å². The Morgan fingerprint density at radius 3 is 2.59 bits per heavy atom. The maximum absolute atomic E-state index is 13.5. The zero-order valence-electron chi connectivity index (χ0n) is 22.1. The summed E-state index contributed by atoms with van der Waals surface area (Å²) in [5.74, 6) is -0.811. The van der Waals surface area contributed by atoms with Crippen molar-refractivity contribution in [1.29, 1.82) is 0 Å². The minimum absolute atomic E-state index is 0.0994. The summed E-state index contributed by atoms with van der Waals surface area (Å²) in [7, 11) is 0. The Kier molecular flexibility index (Phi) is 9.80. The molecule has 0 saturated carbocycles. The van der Waals surface area contributed by atoms with E-state index in [-0.39, 0.29) is 23.8 Å². The number of aryl methyl sites for hydroxylation is 1. The number of anilines is 2. The number of unbranched alkanes of at least 4 members (excludes halogenated alkanes) is 3. The highest BCUT2D eigenvalue weighted by Crippen LogP contribution is 2.32. The number of hydrogen-bond acceptors (Lipinski definition) is 9. The first-order valence-electron chi connectivity index (χ1n) is 13.1. The van der Waals surface area contributed by atoms with Gasteiger partial charge in [-0.25, -0.2) is 9.48 Å². The van der Waals surface area contributed by atoms with Crippen LogP contribution in [-0.2, 0) is 20.8 Å². The summed E-state index contributed by atoms with van der Waals surface area (Å²) in [5.41, 5.74) is 0.778. The number of carbonyl (C=O) groups excluding carboxylic acids is 2. The van der Waals surface area contributed by atoms with Gasteiger partial charge in [0.2, 0.25) is 0 Å². The molecule has 0 amide bonds. The van der Waals surface area contributed by atoms with Crippen LogP contribution in [0.25, 0.3) is 21.3 Å². The molecule has 0 bridgehead atoms. The van der Waals surface area contributed by atoms with Crippen molar-refractivity contribution in [3.63, 3.8) is 0 Å². The molecule has 204 valence electrons. The quantitative estimate of drug-likeness (QED) is 0.161. The van der Waals surface area contributed by atoms with E-state index in [1.54, 1.807) is 19.3 Å². The molecule has 0 unspecified atom stereocenters. The molecule has 4 aromatic rings. The highest BCUT2D eigenvalue weighted by molar-refractivity contribution is 7.13. The van der Waals surface area contributed by atoms with Crippen LogP contribution in [0.4, 0.5) is 11.4 Å². The second kappa shape index (κ2) is 13.7. The summed E-state index contributed by atoms with van der Waals surface area (Å²) in [5, 5.41) is 11.4. The number of fused-ring (bicyclic) bond motifs is 1. The number of hydrogen-bond donors (Lipinski definition) is 1. The topological polar surface area (TPSA) is 112 Å². The lowest BCUT2D eigenvalue weighted by Crippen LogP contribution is -2.29. The molecule has 1 N–H and O–H groups in total. The predicted octanol–water partition coefficient (Wildman–Crippen LogP) is 5.95. The van der Waals surface area contributed by atoms with E-state index in [0.29, 0.717) is 37.4 Å². The lowest BCUT2D eigenvalue weighted by molar-refractivity contribution is -0.143. The van der Waals surface area contributed by atoms with Gasteiger partial charge in [0.05, 0.1) is 30.0 Å². The summed E-state index contributed by atoms with van der Waals surface area (Å²) >= 11 is 1.43. The number of esters is 2. The standard InChI is InChI=1S/C29H32N4O5S/c1-3-33-28(35)27(31-22-19-30-18-20-12-8-9-13-21(20)22)25(26(32-33)23-14-11-17-39-23)29(36)38-16-10-6-5-7-15-24(34)37-4-2/h8-9,11-14,17-19,31H,3-7,10,15-16H2,1-2H3. The van der Waals surface area contributed by atoms with Crippen molar-refractivity contribution in [2.45, 2.75) is 52.5 Å². The molecule has 0 aliphatic heterocycles. The SMILES string of the molecule is CCOC(=O)CCCCCCOC(=O)c1c(-c2cccs2)nn(CC)c(=O)c1Nc1cncc2ccccc12. The van der Waals surface area contributed by atoms with Crippen LogP contribution in [0, 0.1) is 0 Å². The fourth-order valence-corrected chi connectivity index (χ4v) is 4.95. The second-order valence-corrected chi connectivity index (χ2v) is 9.78. The maximum atomic E-state index is 13.5. The Hall–Kier alpha value is -4.05. The Bertz CT molecular complexity index is 1480. The number of benzene rings is 1. The van der Waals surface area contributed by atoms with Gasteiger partial charge in [0, 0.05) is 29.9 Å². The average molecular weight is 549 g/mol. The fourth-order valence-electron chi connectivity index (χ4n) is 4.23. The van der Waals surface area contributed by atoms with E-state index in [1.165, 1.54) is 16.0 Å². The van der Waals surface area contributed by atoms with Crippen molar-refractivity contribution in [1.82, 2.24) is 14.8 Å². The van der Waals surface area contributed by atoms with Crippen LogP contribution >= 0.6 is 11.3 Å². The number of carbonyl (C=O) groups is 2. The van der Waals surface area contributed by atoms with Crippen molar-refractivity contribution in [3.05, 3.63) is 70.1 Å². The molecule has 0 aliphatic rings. The van der Waals surface area contributed by atoms with Crippen molar-refractivity contribution < 1.29 is 19.1 Å². The first kappa shape index (κ1) is 28.0. The van der Waals surface area contributed by atoms with E-state index in [4.69, 9.17) is 9.47 Å². The van der Waals surface area contributed by atoms with Crippen LogP contribution in [0.15, 0.2) is 59.0 Å². The summed E-state index contributed by atoms with van der Waals surface area (Å²) < 4.78 is 11.9. The smallest absolute Gasteiger partial charge is 0.342 e. The maximum Gasteiger partial charge on any atom is 0.342 e. The lowest BCUT2D eigenvalue weighted by atomic mass is 10.1. The number of aromatic nitrogens is 3. The van der Waals surface area contributed by atoms with Gasteiger partial charge < -0.3 is 14.8 Å². The molecule has 0 spiro atoms. The number of pyridine rings is 1. The Balaban J connectivity index is 1.59. The third-order valence-corrected chi connectivity index (χ3v) is 7.03. The highest BCUT2D eigenvalue weighted by atomic mass is 32.1. The number of ether oxygens (including phenoxy) is 2. The zero-order valence-corrected chi connectivity index (χ0v) is 23.0. The van der Waals surface area contributed by atoms with Crippen molar-refractivity contribution in [2.24, 2.45) is 0 Å². The fraction of sp³-hybridized carbons (Fsp3) is 0.345. The average Bonchev–Trinajstić information content (AvgIpc) is 3.48. The van der Waals surface area contributed by atoms with E-state index >= 15 is 0 Å². The Morgan fingerprint density at radius 2 is 1.82 bits per heavy atom. The van der Waals surface area contributed by atoms with Gasteiger partial charge in [-0.1, -0.05) is 43.2 Å². The van der Waals surface area contributed by atoms with E-state index in [1.807, 2.05) is 48.7 Å². The molecule has 4 rings (SSSR count). The van der Waals surface area contributed by atoms with Gasteiger partial charge in [0.25, 0.3) is 5.56 Å². The molecule has 9 nitrogen and oxygen atoms in total. The first-order chi connectivity index (χ1) is 19.0. The normalized spacial score (nSPS) is 10.9. The minimum atomic E-state index is -0.617. The second-order valence-electron chi connectivity index (χ2n) is 8.84. The van der Waals surface area contributed by atoms with Crippen LogP contribution < -0.4 is 10.9 Å². The molecule has 0 atom stereocenters. The van der Waals surface area contributed by atoms with Crippen LogP contribution in [0.5, 0.6) is 0 Å². The molecule has 39 heavy (non-hydrogen) atoms. The number of thiophene rings is 1. The highest BCUT2D eigenvalue weighted by Gasteiger charge is 2.26. The van der Waals surface area contributed by atoms with E-state index < -0.39 is 11.5 Å². The van der Waals surface area contributed by atoms with Crippen molar-refractivity contribution in [2.75, 3.05) is 18.5 Å². The zero-order chi connectivity index (χ0) is 27.6. The van der Waals surface area contributed by atoms with E-state index in [2.05, 4.69) is 15.4 Å². The Morgan fingerprint density at radius 1 is 1.00 bits per heavy atom. The van der Waals surface area contributed by atoms with Crippen LogP contribution in [0.2, 0.25) is 0 Å². The van der Waals surface area contributed by atoms with Crippen LogP contribution in [0.1, 0.15) is 56.3 Å². The predicted molar refractivity (Wildman–Crippen MR) is 153 cm³/mol. The number of nitrogens with zero attached hydrogens (tertiary/aromatic N) is 3. The third-order valence-electron chi connectivity index (χ3n) is 6.16. The van der Waals surface area contributed by atoms with Crippen LogP contribution in [0.3, 0.4) is 0 Å². The first-order valence-corrected chi connectivity index (χ1v) is 14.0. The van der Waals surface area contributed by atoms with Gasteiger partial charge in [0.1, 0.15) is 16.9 Å². The largest absolute Gasteiger partial charge is 0.466 e. The van der Waals surface area contributed by atoms with E-state index in [9.17, 15) is 14.4 Å². The summed E-state index contributed by atoms with van der Waals surface area (Å²) in [6, 6.07) is 11.4.